The van der Waals surface area contributed by atoms with Crippen LogP contribution in [-0.2, 0) is 4.79 Å². The van der Waals surface area contributed by atoms with Crippen LogP contribution in [0.4, 0.5) is 4.39 Å². The van der Waals surface area contributed by atoms with E-state index in [9.17, 15) is 19.4 Å². The van der Waals surface area contributed by atoms with Crippen molar-refractivity contribution in [2.75, 3.05) is 13.1 Å². The summed E-state index contributed by atoms with van der Waals surface area (Å²) in [5.41, 5.74) is 0.722. The second-order valence-corrected chi connectivity index (χ2v) is 5.63. The molecule has 0 aliphatic carbocycles. The van der Waals surface area contributed by atoms with E-state index in [-0.39, 0.29) is 11.7 Å². The quantitative estimate of drug-likeness (QED) is 0.876. The molecule has 1 heterocycles. The third-order valence-corrected chi connectivity index (χ3v) is 4.34. The van der Waals surface area contributed by atoms with E-state index in [0.717, 1.165) is 18.4 Å². The molecule has 2 N–H and O–H groups in total. The van der Waals surface area contributed by atoms with Gasteiger partial charge in [-0.3, -0.25) is 9.69 Å². The zero-order valence-electron chi connectivity index (χ0n) is 12.2. The number of nitrogens with zero attached hydrogens (tertiary/aromatic N) is 1. The van der Waals surface area contributed by atoms with Crippen LogP contribution in [0, 0.1) is 11.7 Å². The Kier molecular flexibility index (Phi) is 5.31. The van der Waals surface area contributed by atoms with Crippen LogP contribution in [0.5, 0.6) is 0 Å². The van der Waals surface area contributed by atoms with Crippen LogP contribution >= 0.6 is 0 Å². The van der Waals surface area contributed by atoms with Crippen molar-refractivity contribution in [2.45, 2.75) is 38.3 Å². The Labute approximate surface area is 124 Å². The number of piperidine rings is 1. The first kappa shape index (κ1) is 15.9. The van der Waals surface area contributed by atoms with Gasteiger partial charge in [-0.2, -0.15) is 0 Å². The lowest BCUT2D eigenvalue weighted by Crippen LogP contribution is -2.46. The molecule has 2 atom stereocenters. The van der Waals surface area contributed by atoms with E-state index in [0.29, 0.717) is 19.5 Å². The minimum absolute atomic E-state index is 0.0954. The van der Waals surface area contributed by atoms with Gasteiger partial charge in [-0.15, -0.1) is 0 Å². The van der Waals surface area contributed by atoms with E-state index >= 15 is 0 Å². The number of aliphatic carboxylic acids is 1. The van der Waals surface area contributed by atoms with Gasteiger partial charge in [0.15, 0.2) is 0 Å². The molecule has 21 heavy (non-hydrogen) atoms. The summed E-state index contributed by atoms with van der Waals surface area (Å²) in [5, 5.41) is 19.5. The molecule has 0 amide bonds. The van der Waals surface area contributed by atoms with Gasteiger partial charge in [0, 0.05) is 0 Å². The Morgan fingerprint density at radius 3 is 2.38 bits per heavy atom. The zero-order valence-corrected chi connectivity index (χ0v) is 12.2. The van der Waals surface area contributed by atoms with Gasteiger partial charge < -0.3 is 10.2 Å². The topological polar surface area (TPSA) is 60.8 Å². The fourth-order valence-electron chi connectivity index (χ4n) is 3.07. The number of carboxylic acid groups (broad SMARTS) is 1. The number of aliphatic hydroxyl groups is 1. The SMILES string of the molecule is CC[C@@H](C(=O)O)N1CCC([C@H](O)c2ccc(F)cc2)CC1. The summed E-state index contributed by atoms with van der Waals surface area (Å²) in [4.78, 5) is 13.1. The number of benzene rings is 1. The summed E-state index contributed by atoms with van der Waals surface area (Å²) in [6, 6.07) is 5.49. The first-order chi connectivity index (χ1) is 10.0. The van der Waals surface area contributed by atoms with Crippen molar-refractivity contribution in [3.63, 3.8) is 0 Å². The van der Waals surface area contributed by atoms with Crippen LogP contribution < -0.4 is 0 Å². The van der Waals surface area contributed by atoms with E-state index in [1.54, 1.807) is 12.1 Å². The van der Waals surface area contributed by atoms with Crippen LogP contribution in [0.25, 0.3) is 0 Å². The third kappa shape index (κ3) is 3.80. The summed E-state index contributed by atoms with van der Waals surface area (Å²) >= 11 is 0. The summed E-state index contributed by atoms with van der Waals surface area (Å²) in [7, 11) is 0. The van der Waals surface area contributed by atoms with Gasteiger partial charge >= 0.3 is 5.97 Å². The predicted octanol–water partition coefficient (Wildman–Crippen LogP) is 2.43. The molecule has 2 rings (SSSR count). The monoisotopic (exact) mass is 295 g/mol. The van der Waals surface area contributed by atoms with E-state index in [1.807, 2.05) is 11.8 Å². The van der Waals surface area contributed by atoms with Crippen molar-refractivity contribution >= 4 is 5.97 Å². The molecule has 0 bridgehead atoms. The maximum atomic E-state index is 12.9. The molecule has 4 nitrogen and oxygen atoms in total. The second-order valence-electron chi connectivity index (χ2n) is 5.63. The Morgan fingerprint density at radius 1 is 1.33 bits per heavy atom. The molecule has 0 aromatic heterocycles. The number of carbonyl (C=O) groups is 1. The maximum absolute atomic E-state index is 12.9. The van der Waals surface area contributed by atoms with Crippen LogP contribution in [0.15, 0.2) is 24.3 Å². The van der Waals surface area contributed by atoms with E-state index in [1.165, 1.54) is 12.1 Å². The van der Waals surface area contributed by atoms with Crippen molar-refractivity contribution in [1.82, 2.24) is 4.90 Å². The van der Waals surface area contributed by atoms with Gasteiger partial charge in [0.05, 0.1) is 6.10 Å². The first-order valence-electron chi connectivity index (χ1n) is 7.43. The summed E-state index contributed by atoms with van der Waals surface area (Å²) in [5.74, 6) is -0.999. The lowest BCUT2D eigenvalue weighted by molar-refractivity contribution is -0.144. The van der Waals surface area contributed by atoms with Crippen molar-refractivity contribution < 1.29 is 19.4 Å². The number of aliphatic hydroxyl groups excluding tert-OH is 1. The van der Waals surface area contributed by atoms with E-state index in [2.05, 4.69) is 0 Å². The highest BCUT2D eigenvalue weighted by atomic mass is 19.1. The number of carboxylic acids is 1. The zero-order chi connectivity index (χ0) is 15.4. The number of hydrogen-bond donors (Lipinski definition) is 2. The summed E-state index contributed by atoms with van der Waals surface area (Å²) in [6.07, 6.45) is 1.48. The molecule has 1 aliphatic rings. The fourth-order valence-corrected chi connectivity index (χ4v) is 3.07. The van der Waals surface area contributed by atoms with Crippen LogP contribution in [0.2, 0.25) is 0 Å². The Bertz CT molecular complexity index is 469. The average Bonchev–Trinajstić information content (AvgIpc) is 2.48. The molecule has 1 fully saturated rings. The Balaban J connectivity index is 1.94. The molecule has 116 valence electrons. The minimum Gasteiger partial charge on any atom is -0.480 e. The molecule has 1 aliphatic heterocycles. The Morgan fingerprint density at radius 2 is 1.90 bits per heavy atom. The highest BCUT2D eigenvalue weighted by Gasteiger charge is 2.31. The molecule has 0 spiro atoms. The van der Waals surface area contributed by atoms with Gasteiger partial charge in [-0.25, -0.2) is 4.39 Å². The third-order valence-electron chi connectivity index (χ3n) is 4.34. The van der Waals surface area contributed by atoms with Crippen molar-refractivity contribution in [3.05, 3.63) is 35.6 Å². The Hall–Kier alpha value is -1.46. The van der Waals surface area contributed by atoms with Gasteiger partial charge in [0.1, 0.15) is 11.9 Å². The highest BCUT2D eigenvalue weighted by molar-refractivity contribution is 5.73. The van der Waals surface area contributed by atoms with Crippen LogP contribution in [0.3, 0.4) is 0 Å². The molecular formula is C16H22FNO3. The summed E-state index contributed by atoms with van der Waals surface area (Å²) < 4.78 is 12.9. The van der Waals surface area contributed by atoms with Crippen molar-refractivity contribution in [2.24, 2.45) is 5.92 Å². The smallest absolute Gasteiger partial charge is 0.320 e. The predicted molar refractivity (Wildman–Crippen MR) is 77.4 cm³/mol. The normalized spacial score (nSPS) is 20.1. The number of hydrogen-bond acceptors (Lipinski definition) is 3. The molecule has 5 heteroatoms. The van der Waals surface area contributed by atoms with Gasteiger partial charge in [-0.05, 0) is 56.0 Å². The fraction of sp³-hybridized carbons (Fsp3) is 0.562. The standard InChI is InChI=1S/C16H22FNO3/c1-2-14(16(20)21)18-9-7-12(8-10-18)15(19)11-3-5-13(17)6-4-11/h3-6,12,14-15,19H,2,7-10H2,1H3,(H,20,21)/t14-,15+/m0/s1. The number of halogens is 1. The largest absolute Gasteiger partial charge is 0.480 e. The molecule has 1 aromatic rings. The lowest BCUT2D eigenvalue weighted by Gasteiger charge is -2.37. The minimum atomic E-state index is -0.782. The van der Waals surface area contributed by atoms with Gasteiger partial charge in [0.2, 0.25) is 0 Å². The highest BCUT2D eigenvalue weighted by Crippen LogP contribution is 2.31. The molecule has 0 unspecified atom stereocenters. The number of likely N-dealkylation sites (tertiary alicyclic amines) is 1. The van der Waals surface area contributed by atoms with Crippen LogP contribution in [-0.4, -0.2) is 40.2 Å². The van der Waals surface area contributed by atoms with Crippen molar-refractivity contribution in [1.29, 1.82) is 0 Å². The molecule has 0 radical (unpaired) electrons. The number of rotatable bonds is 5. The van der Waals surface area contributed by atoms with Gasteiger partial charge in [0.25, 0.3) is 0 Å². The lowest BCUT2D eigenvalue weighted by atomic mass is 9.87. The van der Waals surface area contributed by atoms with E-state index < -0.39 is 18.1 Å². The van der Waals surface area contributed by atoms with Crippen LogP contribution in [0.1, 0.15) is 37.9 Å². The maximum Gasteiger partial charge on any atom is 0.320 e. The summed E-state index contributed by atoms with van der Waals surface area (Å²) in [6.45, 7) is 3.22. The average molecular weight is 295 g/mol. The molecular weight excluding hydrogens is 273 g/mol. The molecule has 0 saturated carbocycles. The van der Waals surface area contributed by atoms with Crippen molar-refractivity contribution in [3.8, 4) is 0 Å². The van der Waals surface area contributed by atoms with Gasteiger partial charge in [-0.1, -0.05) is 19.1 Å². The molecule has 1 aromatic carbocycles. The molecule has 1 saturated heterocycles. The first-order valence-corrected chi connectivity index (χ1v) is 7.43. The second kappa shape index (κ2) is 7.00. The van der Waals surface area contributed by atoms with E-state index in [4.69, 9.17) is 0 Å².